The summed E-state index contributed by atoms with van der Waals surface area (Å²) in [7, 11) is 0. The number of benzene rings is 2. The van der Waals surface area contributed by atoms with Crippen molar-refractivity contribution in [2.24, 2.45) is 11.7 Å². The lowest BCUT2D eigenvalue weighted by atomic mass is 9.89. The number of Topliss-reactive ketones (excluding diaryl/α,β-unsaturated/α-hetero) is 1. The van der Waals surface area contributed by atoms with Crippen LogP contribution < -0.4 is 10.5 Å². The Morgan fingerprint density at radius 3 is 2.52 bits per heavy atom. The summed E-state index contributed by atoms with van der Waals surface area (Å²) in [6.45, 7) is 4.37. The Labute approximate surface area is 125 Å². The van der Waals surface area contributed by atoms with Crippen LogP contribution in [0, 0.1) is 5.92 Å². The van der Waals surface area contributed by atoms with E-state index >= 15 is 0 Å². The first-order chi connectivity index (χ1) is 10.1. The summed E-state index contributed by atoms with van der Waals surface area (Å²) < 4.78 is 5.44. The zero-order valence-corrected chi connectivity index (χ0v) is 12.5. The minimum absolute atomic E-state index is 0.0351. The molecule has 0 fully saturated rings. The third-order valence-corrected chi connectivity index (χ3v) is 3.57. The monoisotopic (exact) mass is 283 g/mol. The van der Waals surface area contributed by atoms with Gasteiger partial charge in [-0.15, -0.1) is 0 Å². The molecule has 0 aliphatic heterocycles. The average Bonchev–Trinajstić information content (AvgIpc) is 2.54. The molecule has 2 N–H and O–H groups in total. The summed E-state index contributed by atoms with van der Waals surface area (Å²) in [5.41, 5.74) is 7.83. The molecule has 110 valence electrons. The quantitative estimate of drug-likeness (QED) is 0.824. The van der Waals surface area contributed by atoms with Crippen molar-refractivity contribution in [2.45, 2.75) is 19.9 Å². The van der Waals surface area contributed by atoms with Crippen molar-refractivity contribution in [3.05, 3.63) is 65.7 Å². The van der Waals surface area contributed by atoms with Crippen molar-refractivity contribution in [2.75, 3.05) is 6.61 Å². The Balaban J connectivity index is 2.17. The molecule has 2 atom stereocenters. The lowest BCUT2D eigenvalue weighted by Gasteiger charge is -2.19. The molecular weight excluding hydrogens is 262 g/mol. The molecule has 0 heterocycles. The molecule has 2 aromatic rings. The molecule has 0 amide bonds. The van der Waals surface area contributed by atoms with Gasteiger partial charge in [-0.25, -0.2) is 0 Å². The molecule has 0 aromatic heterocycles. The summed E-state index contributed by atoms with van der Waals surface area (Å²) >= 11 is 0. The lowest BCUT2D eigenvalue weighted by Crippen LogP contribution is -2.26. The van der Waals surface area contributed by atoms with Crippen molar-refractivity contribution in [3.8, 4) is 5.75 Å². The highest BCUT2D eigenvalue weighted by Gasteiger charge is 2.23. The standard InChI is InChI=1S/C18H21NO2/c1-3-21-16-11-7-10-15(12-16)18(20)13(2)17(19)14-8-5-4-6-9-14/h4-13,17H,3,19H2,1-2H3. The van der Waals surface area contributed by atoms with E-state index in [1.165, 1.54) is 0 Å². The second-order valence-electron chi connectivity index (χ2n) is 5.05. The van der Waals surface area contributed by atoms with E-state index in [2.05, 4.69) is 0 Å². The molecule has 2 aromatic carbocycles. The van der Waals surface area contributed by atoms with Crippen LogP contribution in [-0.2, 0) is 0 Å². The molecule has 0 spiro atoms. The van der Waals surface area contributed by atoms with Gasteiger partial charge >= 0.3 is 0 Å². The molecule has 0 saturated heterocycles. The van der Waals surface area contributed by atoms with Gasteiger partial charge < -0.3 is 10.5 Å². The van der Waals surface area contributed by atoms with E-state index in [9.17, 15) is 4.79 Å². The van der Waals surface area contributed by atoms with Crippen LogP contribution >= 0.6 is 0 Å². The number of hydrogen-bond donors (Lipinski definition) is 1. The molecule has 3 nitrogen and oxygen atoms in total. The first kappa shape index (κ1) is 15.3. The molecule has 0 aliphatic carbocycles. The number of carbonyl (C=O) groups excluding carboxylic acids is 1. The molecule has 0 bridgehead atoms. The third kappa shape index (κ3) is 3.70. The molecule has 2 unspecified atom stereocenters. The van der Waals surface area contributed by atoms with Crippen molar-refractivity contribution in [1.29, 1.82) is 0 Å². The predicted octanol–water partition coefficient (Wildman–Crippen LogP) is 3.60. The number of carbonyl (C=O) groups is 1. The van der Waals surface area contributed by atoms with Gasteiger partial charge in [0, 0.05) is 17.5 Å². The lowest BCUT2D eigenvalue weighted by molar-refractivity contribution is 0.0912. The first-order valence-electron chi connectivity index (χ1n) is 7.21. The maximum atomic E-state index is 12.6. The fraction of sp³-hybridized carbons (Fsp3) is 0.278. The Morgan fingerprint density at radius 1 is 1.14 bits per heavy atom. The van der Waals surface area contributed by atoms with Gasteiger partial charge in [-0.1, -0.05) is 49.4 Å². The van der Waals surface area contributed by atoms with Gasteiger partial charge in [0.25, 0.3) is 0 Å². The predicted molar refractivity (Wildman–Crippen MR) is 84.5 cm³/mol. The van der Waals surface area contributed by atoms with Gasteiger partial charge in [-0.2, -0.15) is 0 Å². The van der Waals surface area contributed by atoms with E-state index < -0.39 is 0 Å². The smallest absolute Gasteiger partial charge is 0.167 e. The third-order valence-electron chi connectivity index (χ3n) is 3.57. The van der Waals surface area contributed by atoms with Crippen molar-refractivity contribution in [3.63, 3.8) is 0 Å². The van der Waals surface area contributed by atoms with Crippen molar-refractivity contribution >= 4 is 5.78 Å². The first-order valence-corrected chi connectivity index (χ1v) is 7.21. The normalized spacial score (nSPS) is 13.5. The maximum absolute atomic E-state index is 12.6. The zero-order valence-electron chi connectivity index (χ0n) is 12.5. The van der Waals surface area contributed by atoms with Gasteiger partial charge in [0.2, 0.25) is 0 Å². The van der Waals surface area contributed by atoms with E-state index in [1.807, 2.05) is 56.3 Å². The van der Waals surface area contributed by atoms with Crippen LogP contribution in [0.5, 0.6) is 5.75 Å². The molecule has 0 radical (unpaired) electrons. The summed E-state index contributed by atoms with van der Waals surface area (Å²) in [6, 6.07) is 16.7. The number of hydrogen-bond acceptors (Lipinski definition) is 3. The molecule has 0 aliphatic rings. The Morgan fingerprint density at radius 2 is 1.86 bits per heavy atom. The van der Waals surface area contributed by atoms with E-state index in [1.54, 1.807) is 12.1 Å². The van der Waals surface area contributed by atoms with E-state index in [-0.39, 0.29) is 17.7 Å². The Bertz CT molecular complexity index is 595. The summed E-state index contributed by atoms with van der Waals surface area (Å²) in [5.74, 6) is 0.459. The van der Waals surface area contributed by atoms with Crippen molar-refractivity contribution < 1.29 is 9.53 Å². The summed E-state index contributed by atoms with van der Waals surface area (Å²) in [5, 5.41) is 0. The topological polar surface area (TPSA) is 52.3 Å². The fourth-order valence-electron chi connectivity index (χ4n) is 2.30. The van der Waals surface area contributed by atoms with Crippen LogP contribution in [0.1, 0.15) is 35.8 Å². The van der Waals surface area contributed by atoms with Gasteiger partial charge in [0.05, 0.1) is 6.61 Å². The highest BCUT2D eigenvalue weighted by Crippen LogP contribution is 2.24. The highest BCUT2D eigenvalue weighted by atomic mass is 16.5. The molecule has 21 heavy (non-hydrogen) atoms. The van der Waals surface area contributed by atoms with Crippen LogP contribution in [-0.4, -0.2) is 12.4 Å². The van der Waals surface area contributed by atoms with Crippen LogP contribution in [0.25, 0.3) is 0 Å². The van der Waals surface area contributed by atoms with Crippen LogP contribution in [0.2, 0.25) is 0 Å². The highest BCUT2D eigenvalue weighted by molar-refractivity contribution is 5.98. The van der Waals surface area contributed by atoms with Crippen molar-refractivity contribution in [1.82, 2.24) is 0 Å². The SMILES string of the molecule is CCOc1cccc(C(=O)C(C)C(N)c2ccccc2)c1. The minimum Gasteiger partial charge on any atom is -0.494 e. The van der Waals surface area contributed by atoms with Gasteiger partial charge in [0.15, 0.2) is 5.78 Å². The summed E-state index contributed by atoms with van der Waals surface area (Å²) in [6.07, 6.45) is 0. The minimum atomic E-state index is -0.311. The van der Waals surface area contributed by atoms with E-state index in [4.69, 9.17) is 10.5 Å². The number of ketones is 1. The Hall–Kier alpha value is -2.13. The van der Waals surface area contributed by atoms with Gasteiger partial charge in [-0.05, 0) is 24.6 Å². The summed E-state index contributed by atoms with van der Waals surface area (Å²) in [4.78, 5) is 12.6. The fourth-order valence-corrected chi connectivity index (χ4v) is 2.30. The number of nitrogens with two attached hydrogens (primary N) is 1. The number of ether oxygens (including phenoxy) is 1. The van der Waals surface area contributed by atoms with Gasteiger partial charge in [-0.3, -0.25) is 4.79 Å². The van der Waals surface area contributed by atoms with Crippen LogP contribution in [0.3, 0.4) is 0 Å². The molecule has 0 saturated carbocycles. The second-order valence-corrected chi connectivity index (χ2v) is 5.05. The second kappa shape index (κ2) is 7.04. The molecular formula is C18H21NO2. The number of rotatable bonds is 6. The molecule has 3 heteroatoms. The van der Waals surface area contributed by atoms with E-state index in [0.29, 0.717) is 17.9 Å². The Kier molecular flexibility index (Phi) is 5.12. The molecule has 2 rings (SSSR count). The van der Waals surface area contributed by atoms with Crippen LogP contribution in [0.4, 0.5) is 0 Å². The van der Waals surface area contributed by atoms with Gasteiger partial charge in [0.1, 0.15) is 5.75 Å². The average molecular weight is 283 g/mol. The maximum Gasteiger partial charge on any atom is 0.167 e. The largest absolute Gasteiger partial charge is 0.494 e. The van der Waals surface area contributed by atoms with Crippen LogP contribution in [0.15, 0.2) is 54.6 Å². The zero-order chi connectivity index (χ0) is 15.2. The van der Waals surface area contributed by atoms with E-state index in [0.717, 1.165) is 5.56 Å².